The second kappa shape index (κ2) is 9.11. The summed E-state index contributed by atoms with van der Waals surface area (Å²) in [7, 11) is 0. The van der Waals surface area contributed by atoms with Crippen LogP contribution in [0.1, 0.15) is 0 Å². The SMILES string of the molecule is O=C(CSc1nc(-c2ccccc2)c(-c2ccccc2)o1)Nc1ccc(Br)cc1. The number of hydrogen-bond acceptors (Lipinski definition) is 4. The topological polar surface area (TPSA) is 55.1 Å². The Morgan fingerprint density at radius 2 is 1.52 bits per heavy atom. The van der Waals surface area contributed by atoms with Gasteiger partial charge in [-0.1, -0.05) is 88.4 Å². The van der Waals surface area contributed by atoms with E-state index < -0.39 is 0 Å². The first-order valence-electron chi connectivity index (χ1n) is 8.99. The molecule has 4 rings (SSSR count). The Bertz CT molecular complexity index is 1040. The first-order chi connectivity index (χ1) is 14.2. The number of rotatable bonds is 6. The molecule has 0 aliphatic rings. The van der Waals surface area contributed by atoms with E-state index in [1.165, 1.54) is 11.8 Å². The van der Waals surface area contributed by atoms with Gasteiger partial charge >= 0.3 is 0 Å². The van der Waals surface area contributed by atoms with Gasteiger partial charge in [-0.15, -0.1) is 0 Å². The number of aromatic nitrogens is 1. The molecule has 4 nitrogen and oxygen atoms in total. The zero-order valence-corrected chi connectivity index (χ0v) is 17.7. The van der Waals surface area contributed by atoms with Crippen LogP contribution in [0.5, 0.6) is 0 Å². The zero-order valence-electron chi connectivity index (χ0n) is 15.3. The molecule has 144 valence electrons. The van der Waals surface area contributed by atoms with Gasteiger partial charge in [0.15, 0.2) is 5.76 Å². The molecule has 0 saturated carbocycles. The van der Waals surface area contributed by atoms with Crippen LogP contribution in [0.2, 0.25) is 0 Å². The van der Waals surface area contributed by atoms with Crippen molar-refractivity contribution in [2.75, 3.05) is 11.1 Å². The van der Waals surface area contributed by atoms with Gasteiger partial charge in [0, 0.05) is 21.3 Å². The van der Waals surface area contributed by atoms with E-state index in [0.29, 0.717) is 11.0 Å². The van der Waals surface area contributed by atoms with Crippen molar-refractivity contribution in [1.82, 2.24) is 4.98 Å². The van der Waals surface area contributed by atoms with Crippen molar-refractivity contribution in [3.63, 3.8) is 0 Å². The number of anilines is 1. The molecule has 29 heavy (non-hydrogen) atoms. The lowest BCUT2D eigenvalue weighted by molar-refractivity contribution is -0.113. The Kier molecular flexibility index (Phi) is 6.12. The van der Waals surface area contributed by atoms with Crippen LogP contribution in [0.4, 0.5) is 5.69 Å². The van der Waals surface area contributed by atoms with Crippen molar-refractivity contribution in [3.8, 4) is 22.6 Å². The summed E-state index contributed by atoms with van der Waals surface area (Å²) in [5.74, 6) is 0.796. The van der Waals surface area contributed by atoms with E-state index in [0.717, 1.165) is 27.0 Å². The van der Waals surface area contributed by atoms with E-state index >= 15 is 0 Å². The van der Waals surface area contributed by atoms with Crippen molar-refractivity contribution < 1.29 is 9.21 Å². The molecule has 0 saturated heterocycles. The molecule has 1 aromatic heterocycles. The molecular weight excluding hydrogens is 448 g/mol. The minimum Gasteiger partial charge on any atom is -0.431 e. The van der Waals surface area contributed by atoms with E-state index in [9.17, 15) is 4.79 Å². The fourth-order valence-electron chi connectivity index (χ4n) is 2.80. The Labute approximate surface area is 181 Å². The molecule has 3 aromatic carbocycles. The largest absolute Gasteiger partial charge is 0.431 e. The van der Waals surface area contributed by atoms with Crippen LogP contribution in [0.25, 0.3) is 22.6 Å². The Hall–Kier alpha value is -2.83. The molecule has 0 bridgehead atoms. The lowest BCUT2D eigenvalue weighted by Crippen LogP contribution is -2.13. The minimum atomic E-state index is -0.113. The molecule has 0 aliphatic heterocycles. The van der Waals surface area contributed by atoms with Crippen LogP contribution < -0.4 is 5.32 Å². The molecule has 4 aromatic rings. The summed E-state index contributed by atoms with van der Waals surface area (Å²) in [5.41, 5.74) is 3.44. The van der Waals surface area contributed by atoms with Crippen LogP contribution in [-0.2, 0) is 4.79 Å². The fourth-order valence-corrected chi connectivity index (χ4v) is 3.69. The molecule has 6 heteroatoms. The van der Waals surface area contributed by atoms with Gasteiger partial charge in [0.2, 0.25) is 5.91 Å². The fraction of sp³-hybridized carbons (Fsp3) is 0.0435. The van der Waals surface area contributed by atoms with Crippen LogP contribution >= 0.6 is 27.7 Å². The maximum Gasteiger partial charge on any atom is 0.257 e. The van der Waals surface area contributed by atoms with Crippen molar-refractivity contribution >= 4 is 39.3 Å². The first-order valence-corrected chi connectivity index (χ1v) is 10.8. The third-order valence-corrected chi connectivity index (χ3v) is 5.50. The number of benzene rings is 3. The summed E-state index contributed by atoms with van der Waals surface area (Å²) >= 11 is 4.66. The number of amides is 1. The average Bonchev–Trinajstić information content (AvgIpc) is 3.20. The van der Waals surface area contributed by atoms with Crippen molar-refractivity contribution in [1.29, 1.82) is 0 Å². The highest BCUT2D eigenvalue weighted by atomic mass is 79.9. The van der Waals surface area contributed by atoms with Gasteiger partial charge in [0.25, 0.3) is 5.22 Å². The number of oxazole rings is 1. The van der Waals surface area contributed by atoms with Crippen molar-refractivity contribution in [2.24, 2.45) is 0 Å². The quantitative estimate of drug-likeness (QED) is 0.330. The summed E-state index contributed by atoms with van der Waals surface area (Å²) in [6.07, 6.45) is 0. The van der Waals surface area contributed by atoms with Gasteiger partial charge in [-0.2, -0.15) is 0 Å². The van der Waals surface area contributed by atoms with E-state index in [-0.39, 0.29) is 11.7 Å². The summed E-state index contributed by atoms with van der Waals surface area (Å²) in [6, 6.07) is 27.2. The number of nitrogens with zero attached hydrogens (tertiary/aromatic N) is 1. The molecule has 0 radical (unpaired) electrons. The van der Waals surface area contributed by atoms with Crippen LogP contribution in [0.15, 0.2) is 99.0 Å². The molecule has 1 heterocycles. The van der Waals surface area contributed by atoms with Crippen LogP contribution in [0.3, 0.4) is 0 Å². The third-order valence-electron chi connectivity index (χ3n) is 4.15. The van der Waals surface area contributed by atoms with Crippen LogP contribution in [-0.4, -0.2) is 16.6 Å². The van der Waals surface area contributed by atoms with Crippen molar-refractivity contribution in [3.05, 3.63) is 89.4 Å². The molecule has 0 fully saturated rings. The smallest absolute Gasteiger partial charge is 0.257 e. The predicted molar refractivity (Wildman–Crippen MR) is 121 cm³/mol. The van der Waals surface area contributed by atoms with Gasteiger partial charge in [-0.3, -0.25) is 4.79 Å². The second-order valence-electron chi connectivity index (χ2n) is 6.23. The number of carbonyl (C=O) groups excluding carboxylic acids is 1. The summed E-state index contributed by atoms with van der Waals surface area (Å²) in [4.78, 5) is 16.9. The number of carbonyl (C=O) groups is 1. The molecule has 0 unspecified atom stereocenters. The molecule has 0 atom stereocenters. The molecular formula is C23H17BrN2O2S. The van der Waals surface area contributed by atoms with Crippen molar-refractivity contribution in [2.45, 2.75) is 5.22 Å². The van der Waals surface area contributed by atoms with Gasteiger partial charge in [0.05, 0.1) is 5.75 Å². The monoisotopic (exact) mass is 464 g/mol. The third kappa shape index (κ3) is 4.96. The van der Waals surface area contributed by atoms with Gasteiger partial charge < -0.3 is 9.73 Å². The molecule has 1 N–H and O–H groups in total. The van der Waals surface area contributed by atoms with E-state index in [1.54, 1.807) is 0 Å². The molecule has 0 spiro atoms. The second-order valence-corrected chi connectivity index (χ2v) is 8.08. The minimum absolute atomic E-state index is 0.113. The van der Waals surface area contributed by atoms with Gasteiger partial charge in [-0.25, -0.2) is 4.98 Å². The highest BCUT2D eigenvalue weighted by molar-refractivity contribution is 9.10. The summed E-state index contributed by atoms with van der Waals surface area (Å²) in [5, 5.41) is 3.34. The maximum atomic E-state index is 12.3. The number of nitrogens with one attached hydrogen (secondary N) is 1. The average molecular weight is 465 g/mol. The van der Waals surface area contributed by atoms with Crippen LogP contribution in [0, 0.1) is 0 Å². The van der Waals surface area contributed by atoms with Gasteiger partial charge in [0.1, 0.15) is 5.69 Å². The number of thioether (sulfide) groups is 1. The molecule has 0 aliphatic carbocycles. The normalized spacial score (nSPS) is 10.7. The highest BCUT2D eigenvalue weighted by Gasteiger charge is 2.18. The predicted octanol–water partition coefficient (Wildman–Crippen LogP) is 6.50. The Morgan fingerprint density at radius 1 is 0.897 bits per heavy atom. The lowest BCUT2D eigenvalue weighted by atomic mass is 10.1. The zero-order chi connectivity index (χ0) is 20.1. The van der Waals surface area contributed by atoms with E-state index in [4.69, 9.17) is 4.42 Å². The van der Waals surface area contributed by atoms with E-state index in [2.05, 4.69) is 26.2 Å². The lowest BCUT2D eigenvalue weighted by Gasteiger charge is -2.03. The number of hydrogen-bond donors (Lipinski definition) is 1. The maximum absolute atomic E-state index is 12.3. The summed E-state index contributed by atoms with van der Waals surface area (Å²) in [6.45, 7) is 0. The van der Waals surface area contributed by atoms with E-state index in [1.807, 2.05) is 84.9 Å². The first kappa shape index (κ1) is 19.5. The Balaban J connectivity index is 1.53. The number of halogens is 1. The standard InChI is InChI=1S/C23H17BrN2O2S/c24-18-11-13-19(14-12-18)25-20(27)15-29-23-26-21(16-7-3-1-4-8-16)22(28-23)17-9-5-2-6-10-17/h1-14H,15H2,(H,25,27). The molecule has 1 amide bonds. The Morgan fingerprint density at radius 3 is 2.17 bits per heavy atom. The van der Waals surface area contributed by atoms with Gasteiger partial charge in [-0.05, 0) is 24.3 Å². The highest BCUT2D eigenvalue weighted by Crippen LogP contribution is 2.35. The summed E-state index contributed by atoms with van der Waals surface area (Å²) < 4.78 is 7.00.